The number of hydrogen-bond acceptors (Lipinski definition) is 3. The van der Waals surface area contributed by atoms with Gasteiger partial charge in [-0.3, -0.25) is 0 Å². The summed E-state index contributed by atoms with van der Waals surface area (Å²) in [7, 11) is 0. The Kier molecular flexibility index (Phi) is 4.18. The monoisotopic (exact) mass is 138 g/mol. The molecule has 0 radical (unpaired) electrons. The number of ether oxygens (including phenoxy) is 1. The van der Waals surface area contributed by atoms with Crippen LogP contribution in [0.2, 0.25) is 0 Å². The molecular weight excluding hydrogens is 128 g/mol. The third kappa shape index (κ3) is 2.47. The molecule has 1 atom stereocenters. The van der Waals surface area contributed by atoms with E-state index in [0.29, 0.717) is 0 Å². The summed E-state index contributed by atoms with van der Waals surface area (Å²) in [4.78, 5) is 0. The van der Waals surface area contributed by atoms with Crippen molar-refractivity contribution in [2.24, 2.45) is 5.73 Å². The van der Waals surface area contributed by atoms with Crippen molar-refractivity contribution in [1.82, 2.24) is 5.32 Å². The van der Waals surface area contributed by atoms with E-state index in [0.717, 1.165) is 19.7 Å². The van der Waals surface area contributed by atoms with Gasteiger partial charge >= 0.3 is 0 Å². The highest BCUT2D eigenvalue weighted by Gasteiger charge is 2.05. The Morgan fingerprint density at radius 1 is 1.62 bits per heavy atom. The second kappa shape index (κ2) is 4.09. The molecule has 8 heavy (non-hydrogen) atoms. The Bertz CT molecular complexity index is 56.0. The van der Waals surface area contributed by atoms with Gasteiger partial charge in [-0.05, 0) is 0 Å². The SMILES string of the molecule is Cl.NC1CNCCO1. The van der Waals surface area contributed by atoms with Crippen molar-refractivity contribution < 1.29 is 4.74 Å². The van der Waals surface area contributed by atoms with Crippen LogP contribution in [0.1, 0.15) is 0 Å². The van der Waals surface area contributed by atoms with Gasteiger partial charge in [-0.15, -0.1) is 12.4 Å². The summed E-state index contributed by atoms with van der Waals surface area (Å²) in [5.74, 6) is 0. The smallest absolute Gasteiger partial charge is 0.118 e. The molecule has 0 spiro atoms. The van der Waals surface area contributed by atoms with Crippen LogP contribution in [0.4, 0.5) is 0 Å². The predicted octanol–water partition coefficient (Wildman–Crippen LogP) is -0.687. The minimum atomic E-state index is -0.0752. The average molecular weight is 139 g/mol. The van der Waals surface area contributed by atoms with Crippen molar-refractivity contribution in [2.75, 3.05) is 19.7 Å². The molecule has 0 aliphatic carbocycles. The molecule has 0 aromatic rings. The standard InChI is InChI=1S/C4H10N2O.ClH/c5-4-3-6-1-2-7-4;/h4,6H,1-3,5H2;1H. The van der Waals surface area contributed by atoms with Gasteiger partial charge in [-0.2, -0.15) is 0 Å². The van der Waals surface area contributed by atoms with Crippen LogP contribution in [0.5, 0.6) is 0 Å². The molecule has 0 bridgehead atoms. The van der Waals surface area contributed by atoms with Gasteiger partial charge < -0.3 is 15.8 Å². The third-order valence-electron chi connectivity index (χ3n) is 0.956. The Hall–Kier alpha value is 0.170. The lowest BCUT2D eigenvalue weighted by Crippen LogP contribution is -2.43. The summed E-state index contributed by atoms with van der Waals surface area (Å²) in [6, 6.07) is 0. The van der Waals surface area contributed by atoms with E-state index in [2.05, 4.69) is 5.32 Å². The minimum Gasteiger partial charge on any atom is -0.361 e. The van der Waals surface area contributed by atoms with Crippen LogP contribution in [0.25, 0.3) is 0 Å². The van der Waals surface area contributed by atoms with Gasteiger partial charge in [0.1, 0.15) is 6.23 Å². The Morgan fingerprint density at radius 3 is 2.62 bits per heavy atom. The highest BCUT2D eigenvalue weighted by atomic mass is 35.5. The predicted molar refractivity (Wildman–Crippen MR) is 34.0 cm³/mol. The zero-order valence-electron chi connectivity index (χ0n) is 4.59. The fourth-order valence-corrected chi connectivity index (χ4v) is 0.586. The first-order chi connectivity index (χ1) is 3.39. The van der Waals surface area contributed by atoms with Gasteiger partial charge in [0.25, 0.3) is 0 Å². The van der Waals surface area contributed by atoms with Gasteiger partial charge in [-0.1, -0.05) is 0 Å². The van der Waals surface area contributed by atoms with E-state index in [-0.39, 0.29) is 18.6 Å². The van der Waals surface area contributed by atoms with Gasteiger partial charge in [0, 0.05) is 13.1 Å². The van der Waals surface area contributed by atoms with Crippen molar-refractivity contribution in [2.45, 2.75) is 6.23 Å². The fraction of sp³-hybridized carbons (Fsp3) is 1.00. The van der Waals surface area contributed by atoms with Crippen molar-refractivity contribution in [3.63, 3.8) is 0 Å². The molecule has 0 amide bonds. The molecule has 1 aliphatic heterocycles. The molecule has 4 heteroatoms. The quantitative estimate of drug-likeness (QED) is 0.466. The molecule has 0 saturated carbocycles. The molecule has 0 aromatic carbocycles. The maximum Gasteiger partial charge on any atom is 0.118 e. The summed E-state index contributed by atoms with van der Waals surface area (Å²) in [6.07, 6.45) is -0.0752. The van der Waals surface area contributed by atoms with E-state index in [4.69, 9.17) is 10.5 Å². The van der Waals surface area contributed by atoms with E-state index in [1.165, 1.54) is 0 Å². The molecule has 1 unspecified atom stereocenters. The Morgan fingerprint density at radius 2 is 2.38 bits per heavy atom. The number of rotatable bonds is 0. The highest BCUT2D eigenvalue weighted by molar-refractivity contribution is 5.85. The summed E-state index contributed by atoms with van der Waals surface area (Å²) in [5, 5.41) is 3.08. The largest absolute Gasteiger partial charge is 0.361 e. The first kappa shape index (κ1) is 8.17. The van der Waals surface area contributed by atoms with Crippen LogP contribution in [0.15, 0.2) is 0 Å². The lowest BCUT2D eigenvalue weighted by molar-refractivity contribution is 0.0331. The lowest BCUT2D eigenvalue weighted by Gasteiger charge is -2.18. The van der Waals surface area contributed by atoms with Crippen molar-refractivity contribution in [3.05, 3.63) is 0 Å². The zero-order valence-corrected chi connectivity index (χ0v) is 5.41. The molecule has 1 heterocycles. The second-order valence-corrected chi connectivity index (χ2v) is 1.61. The number of nitrogens with one attached hydrogen (secondary N) is 1. The Labute approximate surface area is 55.0 Å². The van der Waals surface area contributed by atoms with Crippen molar-refractivity contribution >= 4 is 12.4 Å². The molecule has 3 N–H and O–H groups in total. The highest BCUT2D eigenvalue weighted by Crippen LogP contribution is 1.84. The third-order valence-corrected chi connectivity index (χ3v) is 0.956. The van der Waals surface area contributed by atoms with Gasteiger partial charge in [-0.25, -0.2) is 0 Å². The van der Waals surface area contributed by atoms with E-state index in [1.807, 2.05) is 0 Å². The summed E-state index contributed by atoms with van der Waals surface area (Å²) >= 11 is 0. The zero-order chi connectivity index (χ0) is 5.11. The molecule has 0 aromatic heterocycles. The van der Waals surface area contributed by atoms with Crippen LogP contribution in [-0.4, -0.2) is 25.9 Å². The summed E-state index contributed by atoms with van der Waals surface area (Å²) in [5.41, 5.74) is 5.35. The molecule has 1 fully saturated rings. The molecule has 1 saturated heterocycles. The fourth-order valence-electron chi connectivity index (χ4n) is 0.586. The van der Waals surface area contributed by atoms with Gasteiger partial charge in [0.2, 0.25) is 0 Å². The maximum absolute atomic E-state index is 5.35. The van der Waals surface area contributed by atoms with E-state index >= 15 is 0 Å². The summed E-state index contributed by atoms with van der Waals surface area (Å²) < 4.78 is 4.99. The lowest BCUT2D eigenvalue weighted by atomic mass is 10.5. The second-order valence-electron chi connectivity index (χ2n) is 1.61. The molecule has 50 valence electrons. The van der Waals surface area contributed by atoms with Gasteiger partial charge in [0.05, 0.1) is 6.61 Å². The molecule has 1 rings (SSSR count). The van der Waals surface area contributed by atoms with Gasteiger partial charge in [0.15, 0.2) is 0 Å². The molecule has 1 aliphatic rings. The normalized spacial score (nSPS) is 28.9. The minimum absolute atomic E-state index is 0. The summed E-state index contributed by atoms with van der Waals surface area (Å²) in [6.45, 7) is 2.48. The number of hydrogen-bond donors (Lipinski definition) is 2. The van der Waals surface area contributed by atoms with Crippen molar-refractivity contribution in [1.29, 1.82) is 0 Å². The number of nitrogens with two attached hydrogens (primary N) is 1. The Balaban J connectivity index is 0.000000490. The van der Waals surface area contributed by atoms with Crippen LogP contribution in [-0.2, 0) is 4.74 Å². The maximum atomic E-state index is 5.35. The van der Waals surface area contributed by atoms with Crippen LogP contribution in [0.3, 0.4) is 0 Å². The first-order valence-electron chi connectivity index (χ1n) is 2.47. The van der Waals surface area contributed by atoms with E-state index in [1.54, 1.807) is 0 Å². The van der Waals surface area contributed by atoms with Crippen LogP contribution < -0.4 is 11.1 Å². The van der Waals surface area contributed by atoms with E-state index in [9.17, 15) is 0 Å². The van der Waals surface area contributed by atoms with Crippen LogP contribution in [0, 0.1) is 0 Å². The van der Waals surface area contributed by atoms with Crippen LogP contribution >= 0.6 is 12.4 Å². The topological polar surface area (TPSA) is 47.3 Å². The van der Waals surface area contributed by atoms with Crippen molar-refractivity contribution in [3.8, 4) is 0 Å². The molecular formula is C4H11ClN2O. The average Bonchev–Trinajstić information content (AvgIpc) is 1.69. The number of morpholine rings is 1. The molecule has 3 nitrogen and oxygen atoms in total. The van der Waals surface area contributed by atoms with E-state index < -0.39 is 0 Å². The first-order valence-corrected chi connectivity index (χ1v) is 2.47. The number of halogens is 1.